The summed E-state index contributed by atoms with van der Waals surface area (Å²) in [6, 6.07) is 9.23. The van der Waals surface area contributed by atoms with E-state index >= 15 is 0 Å². The molecule has 2 aromatic rings. The van der Waals surface area contributed by atoms with Crippen molar-refractivity contribution < 1.29 is 14.1 Å². The van der Waals surface area contributed by atoms with Gasteiger partial charge in [0.15, 0.2) is 5.76 Å². The highest BCUT2D eigenvalue weighted by molar-refractivity contribution is 8.01. The summed E-state index contributed by atoms with van der Waals surface area (Å²) in [4.78, 5) is 24.2. The minimum absolute atomic E-state index is 0.119. The monoisotopic (exact) mass is 359 g/mol. The SMILES string of the molecule is Cc1ccc(-c2cc(CNC(=O)[C@H]3CSC(C)(C)C(=O)N3)no2)cc1. The van der Waals surface area contributed by atoms with Crippen LogP contribution in [0.3, 0.4) is 0 Å². The maximum absolute atomic E-state index is 12.2. The molecule has 0 saturated carbocycles. The molecule has 2 N–H and O–H groups in total. The van der Waals surface area contributed by atoms with E-state index in [9.17, 15) is 9.59 Å². The number of benzene rings is 1. The van der Waals surface area contributed by atoms with Crippen molar-refractivity contribution in [1.29, 1.82) is 0 Å². The highest BCUT2D eigenvalue weighted by Gasteiger charge is 2.37. The summed E-state index contributed by atoms with van der Waals surface area (Å²) < 4.78 is 4.84. The number of aromatic nitrogens is 1. The smallest absolute Gasteiger partial charge is 0.243 e. The molecule has 6 nitrogen and oxygen atoms in total. The van der Waals surface area contributed by atoms with Gasteiger partial charge in [-0.05, 0) is 20.8 Å². The van der Waals surface area contributed by atoms with Crippen LogP contribution in [0.25, 0.3) is 11.3 Å². The second kappa shape index (κ2) is 6.92. The van der Waals surface area contributed by atoms with Gasteiger partial charge in [0, 0.05) is 17.4 Å². The summed E-state index contributed by atoms with van der Waals surface area (Å²) in [5, 5.41) is 9.55. The Morgan fingerprint density at radius 3 is 2.80 bits per heavy atom. The van der Waals surface area contributed by atoms with Gasteiger partial charge in [0.05, 0.1) is 11.3 Å². The molecule has 3 rings (SSSR count). The molecule has 0 spiro atoms. The summed E-state index contributed by atoms with van der Waals surface area (Å²) in [7, 11) is 0. The number of carbonyl (C=O) groups excluding carboxylic acids is 2. The van der Waals surface area contributed by atoms with Crippen LogP contribution >= 0.6 is 11.8 Å². The van der Waals surface area contributed by atoms with Crippen LogP contribution < -0.4 is 10.6 Å². The van der Waals surface area contributed by atoms with Crippen LogP contribution in [0.1, 0.15) is 25.1 Å². The van der Waals surface area contributed by atoms with Crippen molar-refractivity contribution in [3.8, 4) is 11.3 Å². The summed E-state index contributed by atoms with van der Waals surface area (Å²) in [6.45, 7) is 5.98. The number of nitrogens with zero attached hydrogens (tertiary/aromatic N) is 1. The lowest BCUT2D eigenvalue weighted by Crippen LogP contribution is -2.57. The molecule has 25 heavy (non-hydrogen) atoms. The first-order valence-electron chi connectivity index (χ1n) is 8.10. The predicted octanol–water partition coefficient (Wildman–Crippen LogP) is 2.28. The second-order valence-electron chi connectivity index (χ2n) is 6.61. The number of carbonyl (C=O) groups is 2. The van der Waals surface area contributed by atoms with Gasteiger partial charge in [-0.15, -0.1) is 11.8 Å². The zero-order valence-corrected chi connectivity index (χ0v) is 15.3. The van der Waals surface area contributed by atoms with Crippen LogP contribution in [-0.4, -0.2) is 33.5 Å². The zero-order valence-electron chi connectivity index (χ0n) is 14.5. The molecule has 1 fully saturated rings. The standard InChI is InChI=1S/C18H21N3O3S/c1-11-4-6-12(7-5-11)15-8-13(21-24-15)9-19-16(22)14-10-25-18(2,3)17(23)20-14/h4-8,14H,9-10H2,1-3H3,(H,19,22)(H,20,23)/t14-/m1/s1. The summed E-state index contributed by atoms with van der Waals surface area (Å²) in [5.41, 5.74) is 2.75. The Bertz CT molecular complexity index is 783. The van der Waals surface area contributed by atoms with Crippen LogP contribution in [-0.2, 0) is 16.1 Å². The lowest BCUT2D eigenvalue weighted by Gasteiger charge is -2.32. The van der Waals surface area contributed by atoms with Crippen LogP contribution in [0.2, 0.25) is 0 Å². The molecule has 1 aromatic carbocycles. The Kier molecular flexibility index (Phi) is 4.85. The van der Waals surface area contributed by atoms with E-state index in [2.05, 4.69) is 15.8 Å². The molecule has 1 aliphatic rings. The van der Waals surface area contributed by atoms with Gasteiger partial charge in [-0.1, -0.05) is 35.0 Å². The normalized spacial score (nSPS) is 19.3. The highest BCUT2D eigenvalue weighted by atomic mass is 32.2. The van der Waals surface area contributed by atoms with Crippen molar-refractivity contribution >= 4 is 23.6 Å². The first-order chi connectivity index (χ1) is 11.8. The fourth-order valence-electron chi connectivity index (χ4n) is 2.42. The lowest BCUT2D eigenvalue weighted by molar-refractivity contribution is -0.129. The van der Waals surface area contributed by atoms with Gasteiger partial charge >= 0.3 is 0 Å². The predicted molar refractivity (Wildman–Crippen MR) is 97.0 cm³/mol. The highest BCUT2D eigenvalue weighted by Crippen LogP contribution is 2.29. The summed E-state index contributed by atoms with van der Waals surface area (Å²) in [5.74, 6) is 0.883. The van der Waals surface area contributed by atoms with E-state index < -0.39 is 10.8 Å². The van der Waals surface area contributed by atoms with E-state index in [4.69, 9.17) is 4.52 Å². The average molecular weight is 359 g/mol. The van der Waals surface area contributed by atoms with Crippen LogP contribution in [0, 0.1) is 6.92 Å². The number of hydrogen-bond acceptors (Lipinski definition) is 5. The third-order valence-electron chi connectivity index (χ3n) is 4.12. The topological polar surface area (TPSA) is 84.2 Å². The van der Waals surface area contributed by atoms with Crippen molar-refractivity contribution in [1.82, 2.24) is 15.8 Å². The number of thioether (sulfide) groups is 1. The largest absolute Gasteiger partial charge is 0.356 e. The Labute approximate surface area is 150 Å². The van der Waals surface area contributed by atoms with Gasteiger partial charge in [-0.3, -0.25) is 9.59 Å². The minimum Gasteiger partial charge on any atom is -0.356 e. The zero-order chi connectivity index (χ0) is 18.0. The van der Waals surface area contributed by atoms with Crippen LogP contribution in [0.5, 0.6) is 0 Å². The molecule has 0 bridgehead atoms. The molecule has 0 aliphatic carbocycles. The van der Waals surface area contributed by atoms with E-state index in [1.165, 1.54) is 17.3 Å². The molecule has 0 unspecified atom stereocenters. The minimum atomic E-state index is -0.519. The maximum atomic E-state index is 12.2. The van der Waals surface area contributed by atoms with Gasteiger partial charge in [0.25, 0.3) is 0 Å². The molecule has 2 heterocycles. The Morgan fingerprint density at radius 2 is 2.12 bits per heavy atom. The molecule has 1 saturated heterocycles. The quantitative estimate of drug-likeness (QED) is 0.875. The fraction of sp³-hybridized carbons (Fsp3) is 0.389. The number of rotatable bonds is 4. The van der Waals surface area contributed by atoms with E-state index in [1.807, 2.05) is 51.1 Å². The Morgan fingerprint density at radius 1 is 1.40 bits per heavy atom. The third kappa shape index (κ3) is 4.04. The maximum Gasteiger partial charge on any atom is 0.243 e. The molecule has 1 aromatic heterocycles. The molecule has 7 heteroatoms. The van der Waals surface area contributed by atoms with Crippen molar-refractivity contribution in [2.24, 2.45) is 0 Å². The average Bonchev–Trinajstić information content (AvgIpc) is 3.05. The Balaban J connectivity index is 1.56. The van der Waals surface area contributed by atoms with Crippen molar-refractivity contribution in [2.45, 2.75) is 38.1 Å². The van der Waals surface area contributed by atoms with Gasteiger partial charge in [0.2, 0.25) is 11.8 Å². The van der Waals surface area contributed by atoms with Gasteiger partial charge in [-0.25, -0.2) is 0 Å². The summed E-state index contributed by atoms with van der Waals surface area (Å²) >= 11 is 1.48. The van der Waals surface area contributed by atoms with Crippen LogP contribution in [0.15, 0.2) is 34.9 Å². The summed E-state index contributed by atoms with van der Waals surface area (Å²) in [6.07, 6.45) is 0. The number of nitrogens with one attached hydrogen (secondary N) is 2. The van der Waals surface area contributed by atoms with Gasteiger partial charge in [0.1, 0.15) is 11.7 Å². The molecule has 0 radical (unpaired) electrons. The van der Waals surface area contributed by atoms with E-state index in [-0.39, 0.29) is 18.4 Å². The van der Waals surface area contributed by atoms with E-state index in [0.717, 1.165) is 5.56 Å². The fourth-order valence-corrected chi connectivity index (χ4v) is 3.43. The Hall–Kier alpha value is -2.28. The van der Waals surface area contributed by atoms with Crippen LogP contribution in [0.4, 0.5) is 0 Å². The van der Waals surface area contributed by atoms with Crippen molar-refractivity contribution in [2.75, 3.05) is 5.75 Å². The molecular weight excluding hydrogens is 338 g/mol. The lowest BCUT2D eigenvalue weighted by atomic mass is 10.1. The number of hydrogen-bond donors (Lipinski definition) is 2. The number of aryl methyl sites for hydroxylation is 1. The first kappa shape index (κ1) is 17.5. The molecule has 132 valence electrons. The first-order valence-corrected chi connectivity index (χ1v) is 9.09. The van der Waals surface area contributed by atoms with Gasteiger partial charge in [-0.2, -0.15) is 0 Å². The second-order valence-corrected chi connectivity index (χ2v) is 8.26. The van der Waals surface area contributed by atoms with Crippen molar-refractivity contribution in [3.05, 3.63) is 41.6 Å². The molecule has 2 amide bonds. The molecular formula is C18H21N3O3S. The third-order valence-corrected chi connectivity index (χ3v) is 5.53. The van der Waals surface area contributed by atoms with Crippen molar-refractivity contribution in [3.63, 3.8) is 0 Å². The van der Waals surface area contributed by atoms with E-state index in [1.54, 1.807) is 0 Å². The van der Waals surface area contributed by atoms with E-state index in [0.29, 0.717) is 17.2 Å². The molecule has 1 aliphatic heterocycles. The molecule has 1 atom stereocenters. The van der Waals surface area contributed by atoms with Gasteiger partial charge < -0.3 is 15.2 Å². The number of amides is 2.